The quantitative estimate of drug-likeness (QED) is 0.846. The van der Waals surface area contributed by atoms with E-state index in [0.717, 1.165) is 31.7 Å². The highest BCUT2D eigenvalue weighted by atomic mass is 16.2. The molecule has 0 radical (unpaired) electrons. The SMILES string of the molecule is Cc1cc(C(=O)N2CCc3ccccc3C2)nc(N2CCCCC2)n1. The second-order valence-electron chi connectivity index (χ2n) is 6.99. The van der Waals surface area contributed by atoms with Crippen molar-refractivity contribution >= 4 is 11.9 Å². The highest BCUT2D eigenvalue weighted by molar-refractivity contribution is 5.92. The number of anilines is 1. The second-order valence-corrected chi connectivity index (χ2v) is 6.99. The van der Waals surface area contributed by atoms with Gasteiger partial charge in [-0.05, 0) is 49.8 Å². The van der Waals surface area contributed by atoms with Crippen molar-refractivity contribution in [3.05, 3.63) is 52.8 Å². The van der Waals surface area contributed by atoms with Crippen molar-refractivity contribution in [3.8, 4) is 0 Å². The fraction of sp³-hybridized carbons (Fsp3) is 0.450. The van der Waals surface area contributed by atoms with Gasteiger partial charge in [-0.3, -0.25) is 4.79 Å². The molecule has 25 heavy (non-hydrogen) atoms. The van der Waals surface area contributed by atoms with Crippen LogP contribution in [-0.2, 0) is 13.0 Å². The highest BCUT2D eigenvalue weighted by Gasteiger charge is 2.24. The molecule has 0 aliphatic carbocycles. The molecule has 2 aliphatic rings. The molecule has 1 fully saturated rings. The van der Waals surface area contributed by atoms with Crippen LogP contribution in [0.3, 0.4) is 0 Å². The minimum absolute atomic E-state index is 0.0123. The summed E-state index contributed by atoms with van der Waals surface area (Å²) in [5.41, 5.74) is 3.97. The predicted octanol–water partition coefficient (Wildman–Crippen LogP) is 2.97. The third-order valence-electron chi connectivity index (χ3n) is 5.12. The number of carbonyl (C=O) groups is 1. The fourth-order valence-corrected chi connectivity index (χ4v) is 3.73. The number of carbonyl (C=O) groups excluding carboxylic acids is 1. The van der Waals surface area contributed by atoms with Crippen LogP contribution in [0, 0.1) is 6.92 Å². The standard InChI is InChI=1S/C20H24N4O/c1-15-13-18(22-20(21-15)23-10-5-2-6-11-23)19(25)24-12-9-16-7-3-4-8-17(16)14-24/h3-4,7-8,13H,2,5-6,9-12,14H2,1H3. The van der Waals surface area contributed by atoms with E-state index in [2.05, 4.69) is 33.1 Å². The van der Waals surface area contributed by atoms with Crippen molar-refractivity contribution in [2.24, 2.45) is 0 Å². The maximum absolute atomic E-state index is 13.0. The maximum atomic E-state index is 13.0. The van der Waals surface area contributed by atoms with E-state index in [1.165, 1.54) is 30.4 Å². The lowest BCUT2D eigenvalue weighted by Gasteiger charge is -2.30. The van der Waals surface area contributed by atoms with Gasteiger partial charge in [-0.1, -0.05) is 24.3 Å². The molecule has 0 unspecified atom stereocenters. The molecule has 0 bridgehead atoms. The number of aryl methyl sites for hydroxylation is 1. The average Bonchev–Trinajstić information content (AvgIpc) is 2.67. The molecule has 0 spiro atoms. The van der Waals surface area contributed by atoms with E-state index >= 15 is 0 Å². The van der Waals surface area contributed by atoms with Crippen molar-refractivity contribution in [2.45, 2.75) is 39.2 Å². The topological polar surface area (TPSA) is 49.3 Å². The van der Waals surface area contributed by atoms with E-state index in [-0.39, 0.29) is 5.91 Å². The Morgan fingerprint density at radius 1 is 1.00 bits per heavy atom. The van der Waals surface area contributed by atoms with E-state index in [4.69, 9.17) is 0 Å². The molecule has 0 N–H and O–H groups in total. The van der Waals surface area contributed by atoms with Crippen LogP contribution in [0.5, 0.6) is 0 Å². The molecular weight excluding hydrogens is 312 g/mol. The van der Waals surface area contributed by atoms with E-state index in [9.17, 15) is 4.79 Å². The third-order valence-corrected chi connectivity index (χ3v) is 5.12. The minimum atomic E-state index is 0.0123. The number of piperidine rings is 1. The number of hydrogen-bond donors (Lipinski definition) is 0. The molecule has 4 rings (SSSR count). The van der Waals surface area contributed by atoms with Crippen LogP contribution >= 0.6 is 0 Å². The second kappa shape index (κ2) is 6.82. The summed E-state index contributed by atoms with van der Waals surface area (Å²) in [6.07, 6.45) is 4.51. The number of aromatic nitrogens is 2. The summed E-state index contributed by atoms with van der Waals surface area (Å²) < 4.78 is 0. The molecule has 0 saturated carbocycles. The first-order chi connectivity index (χ1) is 12.2. The number of rotatable bonds is 2. The lowest BCUT2D eigenvalue weighted by molar-refractivity contribution is 0.0728. The average molecular weight is 336 g/mol. The number of amides is 1. The van der Waals surface area contributed by atoms with Crippen LogP contribution in [0.4, 0.5) is 5.95 Å². The summed E-state index contributed by atoms with van der Waals surface area (Å²) in [5.74, 6) is 0.721. The van der Waals surface area contributed by atoms with Crippen molar-refractivity contribution in [1.82, 2.24) is 14.9 Å². The fourth-order valence-electron chi connectivity index (χ4n) is 3.73. The van der Waals surface area contributed by atoms with Gasteiger partial charge in [0.25, 0.3) is 5.91 Å². The van der Waals surface area contributed by atoms with Crippen molar-refractivity contribution in [3.63, 3.8) is 0 Å². The van der Waals surface area contributed by atoms with Gasteiger partial charge in [0.15, 0.2) is 0 Å². The summed E-state index contributed by atoms with van der Waals surface area (Å²) in [5, 5.41) is 0. The summed E-state index contributed by atoms with van der Waals surface area (Å²) in [6, 6.07) is 10.2. The number of benzene rings is 1. The van der Waals surface area contributed by atoms with Gasteiger partial charge in [0.2, 0.25) is 5.95 Å². The van der Waals surface area contributed by atoms with Crippen molar-refractivity contribution in [2.75, 3.05) is 24.5 Å². The molecule has 5 nitrogen and oxygen atoms in total. The van der Waals surface area contributed by atoms with Gasteiger partial charge in [0.1, 0.15) is 5.69 Å². The zero-order chi connectivity index (χ0) is 17.2. The van der Waals surface area contributed by atoms with Crippen LogP contribution in [0.25, 0.3) is 0 Å². The lowest BCUT2D eigenvalue weighted by atomic mass is 10.00. The molecule has 1 aromatic heterocycles. The largest absolute Gasteiger partial charge is 0.341 e. The van der Waals surface area contributed by atoms with Gasteiger partial charge in [0, 0.05) is 31.9 Å². The predicted molar refractivity (Wildman–Crippen MR) is 97.7 cm³/mol. The smallest absolute Gasteiger partial charge is 0.272 e. The first-order valence-corrected chi connectivity index (χ1v) is 9.17. The molecule has 1 aromatic carbocycles. The third kappa shape index (κ3) is 3.36. The molecule has 130 valence electrons. The maximum Gasteiger partial charge on any atom is 0.272 e. The van der Waals surface area contributed by atoms with Gasteiger partial charge >= 0.3 is 0 Å². The first-order valence-electron chi connectivity index (χ1n) is 9.17. The molecule has 1 amide bonds. The van der Waals surface area contributed by atoms with Gasteiger partial charge in [-0.25, -0.2) is 9.97 Å². The van der Waals surface area contributed by atoms with Crippen molar-refractivity contribution < 1.29 is 4.79 Å². The zero-order valence-electron chi connectivity index (χ0n) is 14.7. The Labute approximate surface area is 148 Å². The van der Waals surface area contributed by atoms with Crippen LogP contribution < -0.4 is 4.90 Å². The van der Waals surface area contributed by atoms with E-state index in [1.54, 1.807) is 0 Å². The Bertz CT molecular complexity index is 783. The molecule has 2 aromatic rings. The van der Waals surface area contributed by atoms with Crippen molar-refractivity contribution in [1.29, 1.82) is 0 Å². The summed E-state index contributed by atoms with van der Waals surface area (Å²) in [7, 11) is 0. The Kier molecular flexibility index (Phi) is 4.38. The molecular formula is C20H24N4O. The van der Waals surface area contributed by atoms with Gasteiger partial charge in [-0.2, -0.15) is 0 Å². The lowest BCUT2D eigenvalue weighted by Crippen LogP contribution is -2.37. The number of hydrogen-bond acceptors (Lipinski definition) is 4. The van der Waals surface area contributed by atoms with E-state index in [1.807, 2.05) is 24.0 Å². The summed E-state index contributed by atoms with van der Waals surface area (Å²) in [6.45, 7) is 5.31. The van der Waals surface area contributed by atoms with Gasteiger partial charge in [0.05, 0.1) is 0 Å². The molecule has 5 heteroatoms. The molecule has 2 aliphatic heterocycles. The number of fused-ring (bicyclic) bond motifs is 1. The van der Waals surface area contributed by atoms with Crippen LogP contribution in [0.2, 0.25) is 0 Å². The Hall–Kier alpha value is -2.43. The summed E-state index contributed by atoms with van der Waals surface area (Å²) in [4.78, 5) is 26.3. The summed E-state index contributed by atoms with van der Waals surface area (Å²) >= 11 is 0. The van der Waals surface area contributed by atoms with Gasteiger partial charge in [-0.15, -0.1) is 0 Å². The first kappa shape index (κ1) is 16.1. The van der Waals surface area contributed by atoms with E-state index in [0.29, 0.717) is 18.2 Å². The molecule has 1 saturated heterocycles. The molecule has 0 atom stereocenters. The Morgan fingerprint density at radius 2 is 1.76 bits per heavy atom. The molecule has 3 heterocycles. The van der Waals surface area contributed by atoms with Gasteiger partial charge < -0.3 is 9.80 Å². The monoisotopic (exact) mass is 336 g/mol. The van der Waals surface area contributed by atoms with Crippen LogP contribution in [0.15, 0.2) is 30.3 Å². The zero-order valence-corrected chi connectivity index (χ0v) is 14.7. The highest BCUT2D eigenvalue weighted by Crippen LogP contribution is 2.21. The number of nitrogens with zero attached hydrogens (tertiary/aromatic N) is 4. The normalized spacial score (nSPS) is 17.3. The van der Waals surface area contributed by atoms with Crippen LogP contribution in [-0.4, -0.2) is 40.4 Å². The minimum Gasteiger partial charge on any atom is -0.341 e. The van der Waals surface area contributed by atoms with E-state index < -0.39 is 0 Å². The Morgan fingerprint density at radius 3 is 2.56 bits per heavy atom. The Balaban J connectivity index is 1.57. The van der Waals surface area contributed by atoms with Crippen LogP contribution in [0.1, 0.15) is 46.6 Å².